The Kier molecular flexibility index (Phi) is 7.85. The van der Waals surface area contributed by atoms with Gasteiger partial charge in [-0.3, -0.25) is 4.99 Å². The first-order valence-corrected chi connectivity index (χ1v) is 12.9. The van der Waals surface area contributed by atoms with Gasteiger partial charge in [0.25, 0.3) is 0 Å². The summed E-state index contributed by atoms with van der Waals surface area (Å²) in [5.74, 6) is 1.32. The van der Waals surface area contributed by atoms with Gasteiger partial charge >= 0.3 is 0 Å². The number of hydrogen-bond acceptors (Lipinski definition) is 2. The molecule has 0 heterocycles. The Morgan fingerprint density at radius 2 is 1.52 bits per heavy atom. The van der Waals surface area contributed by atoms with Crippen molar-refractivity contribution in [1.29, 1.82) is 0 Å². The molecule has 2 aliphatic carbocycles. The molecule has 0 bridgehead atoms. The van der Waals surface area contributed by atoms with Gasteiger partial charge in [-0.1, -0.05) is 75.1 Å². The lowest BCUT2D eigenvalue weighted by Gasteiger charge is -2.24. The second-order valence-corrected chi connectivity index (χ2v) is 10.2. The van der Waals surface area contributed by atoms with Crippen molar-refractivity contribution in [3.05, 3.63) is 83.6 Å². The fourth-order valence-corrected chi connectivity index (χ4v) is 5.40. The predicted octanol–water partition coefficient (Wildman–Crippen LogP) is 8.93. The minimum absolute atomic E-state index is 0.623. The molecule has 0 aromatic heterocycles. The van der Waals surface area contributed by atoms with Gasteiger partial charge in [0.1, 0.15) is 0 Å². The van der Waals surface area contributed by atoms with E-state index >= 15 is 0 Å². The van der Waals surface area contributed by atoms with Crippen LogP contribution in [-0.4, -0.2) is 5.71 Å². The number of nitrogens with zero attached hydrogens (tertiary/aromatic N) is 1. The second-order valence-electron chi connectivity index (χ2n) is 10.2. The van der Waals surface area contributed by atoms with Gasteiger partial charge in [0, 0.05) is 17.1 Å². The molecule has 0 saturated heterocycles. The highest BCUT2D eigenvalue weighted by Gasteiger charge is 2.18. The maximum Gasteiger partial charge on any atom is 0.0665 e. The maximum atomic E-state index is 5.01. The quantitative estimate of drug-likeness (QED) is 0.321. The van der Waals surface area contributed by atoms with Crippen LogP contribution in [0.5, 0.6) is 0 Å². The molecule has 0 spiro atoms. The van der Waals surface area contributed by atoms with E-state index in [0.717, 1.165) is 34.8 Å². The summed E-state index contributed by atoms with van der Waals surface area (Å²) in [6, 6.07) is 15.3. The normalized spacial score (nSPS) is 17.8. The topological polar surface area (TPSA) is 24.4 Å². The number of rotatable bonds is 8. The van der Waals surface area contributed by atoms with Crippen molar-refractivity contribution in [3.8, 4) is 0 Å². The average molecular weight is 441 g/mol. The maximum absolute atomic E-state index is 5.01. The Morgan fingerprint density at radius 1 is 0.879 bits per heavy atom. The lowest BCUT2D eigenvalue weighted by Crippen LogP contribution is -2.10. The predicted molar refractivity (Wildman–Crippen MR) is 144 cm³/mol. The number of benzene rings is 2. The number of anilines is 1. The average Bonchev–Trinajstić information content (AvgIpc) is 3.37. The van der Waals surface area contributed by atoms with Gasteiger partial charge in [-0.15, -0.1) is 0 Å². The van der Waals surface area contributed by atoms with Gasteiger partial charge in [0.2, 0.25) is 0 Å². The lowest BCUT2D eigenvalue weighted by molar-refractivity contribution is 0.399. The summed E-state index contributed by atoms with van der Waals surface area (Å²) in [5.41, 5.74) is 9.48. The van der Waals surface area contributed by atoms with E-state index in [-0.39, 0.29) is 0 Å². The lowest BCUT2D eigenvalue weighted by atomic mass is 9.82. The molecule has 2 aromatic rings. The van der Waals surface area contributed by atoms with Crippen LogP contribution in [0.25, 0.3) is 0 Å². The zero-order valence-electron chi connectivity index (χ0n) is 20.6. The fraction of sp³-hybridized carbons (Fsp3) is 0.452. The molecule has 2 heteroatoms. The smallest absolute Gasteiger partial charge is 0.0665 e. The zero-order chi connectivity index (χ0) is 23.2. The summed E-state index contributed by atoms with van der Waals surface area (Å²) in [4.78, 5) is 5.01. The van der Waals surface area contributed by atoms with Crippen molar-refractivity contribution in [3.63, 3.8) is 0 Å². The molecule has 2 aromatic carbocycles. The highest BCUT2D eigenvalue weighted by molar-refractivity contribution is 6.00. The molecule has 2 aliphatic rings. The van der Waals surface area contributed by atoms with E-state index in [1.54, 1.807) is 0 Å². The fourth-order valence-electron chi connectivity index (χ4n) is 5.40. The molecule has 2 fully saturated rings. The molecule has 0 aliphatic heterocycles. The van der Waals surface area contributed by atoms with Gasteiger partial charge in [-0.05, 0) is 92.7 Å². The molecule has 2 saturated carbocycles. The summed E-state index contributed by atoms with van der Waals surface area (Å²) in [6.07, 6.45) is 12.9. The minimum Gasteiger partial charge on any atom is -0.359 e. The summed E-state index contributed by atoms with van der Waals surface area (Å²) in [5, 5.41) is 3.52. The molecular weight excluding hydrogens is 400 g/mol. The van der Waals surface area contributed by atoms with Crippen LogP contribution in [0.2, 0.25) is 0 Å². The monoisotopic (exact) mass is 440 g/mol. The number of hydrogen-bond donors (Lipinski definition) is 1. The molecule has 0 unspecified atom stereocenters. The van der Waals surface area contributed by atoms with E-state index in [1.165, 1.54) is 74.5 Å². The Labute approximate surface area is 200 Å². The van der Waals surface area contributed by atoms with Crippen LogP contribution < -0.4 is 5.32 Å². The molecule has 33 heavy (non-hydrogen) atoms. The largest absolute Gasteiger partial charge is 0.359 e. The van der Waals surface area contributed by atoms with E-state index < -0.39 is 0 Å². The zero-order valence-corrected chi connectivity index (χ0v) is 20.6. The van der Waals surface area contributed by atoms with E-state index in [0.29, 0.717) is 11.8 Å². The number of allylic oxidation sites excluding steroid dienone is 2. The Bertz CT molecular complexity index is 1000. The number of aryl methyl sites for hydroxylation is 1. The third-order valence-corrected chi connectivity index (χ3v) is 7.63. The molecule has 174 valence electrons. The van der Waals surface area contributed by atoms with Crippen molar-refractivity contribution in [2.24, 2.45) is 16.8 Å². The highest BCUT2D eigenvalue weighted by Crippen LogP contribution is 2.32. The van der Waals surface area contributed by atoms with E-state index in [1.807, 2.05) is 0 Å². The standard InChI is InChI=1S/C31H40N2/c1-22-14-15-26(20-23(2)27-10-6-5-7-11-27)21-31(22)33-25(4)29-16-18-30(19-17-29)32-24(3)28-12-8-9-13-28/h14-19,21,27-28,32H,2-3,5-13,20H2,1,4H3. The van der Waals surface area contributed by atoms with Gasteiger partial charge in [-0.2, -0.15) is 0 Å². The van der Waals surface area contributed by atoms with Gasteiger partial charge in [0.05, 0.1) is 5.69 Å². The SMILES string of the molecule is C=C(Cc1ccc(C)c(N=C(C)c2ccc(NC(=C)C3CCCC3)cc2)c1)C1CCCCC1. The molecule has 1 N–H and O–H groups in total. The first-order chi connectivity index (χ1) is 16.0. The van der Waals surface area contributed by atoms with Gasteiger partial charge < -0.3 is 5.32 Å². The Morgan fingerprint density at radius 3 is 2.21 bits per heavy atom. The van der Waals surface area contributed by atoms with Crippen LogP contribution in [0, 0.1) is 18.8 Å². The number of nitrogens with one attached hydrogen (secondary N) is 1. The molecule has 4 rings (SSSR count). The van der Waals surface area contributed by atoms with Gasteiger partial charge in [-0.25, -0.2) is 0 Å². The third kappa shape index (κ3) is 6.25. The third-order valence-electron chi connectivity index (χ3n) is 7.63. The minimum atomic E-state index is 0.623. The highest BCUT2D eigenvalue weighted by atomic mass is 14.9. The molecule has 0 radical (unpaired) electrons. The Hall–Kier alpha value is -2.61. The Balaban J connectivity index is 1.42. The molecular formula is C31H40N2. The van der Waals surface area contributed by atoms with Gasteiger partial charge in [0.15, 0.2) is 0 Å². The van der Waals surface area contributed by atoms with Crippen LogP contribution in [0.4, 0.5) is 11.4 Å². The van der Waals surface area contributed by atoms with Crippen molar-refractivity contribution < 1.29 is 0 Å². The van der Waals surface area contributed by atoms with Crippen molar-refractivity contribution in [2.45, 2.75) is 78.1 Å². The second kappa shape index (κ2) is 11.0. The summed E-state index contributed by atoms with van der Waals surface area (Å²) in [7, 11) is 0. The molecule has 0 atom stereocenters. The van der Waals surface area contributed by atoms with Crippen LogP contribution in [0.1, 0.15) is 81.4 Å². The van der Waals surface area contributed by atoms with Crippen molar-refractivity contribution >= 4 is 17.1 Å². The van der Waals surface area contributed by atoms with Crippen molar-refractivity contribution in [1.82, 2.24) is 0 Å². The first-order valence-electron chi connectivity index (χ1n) is 12.9. The molecule has 2 nitrogen and oxygen atoms in total. The van der Waals surface area contributed by atoms with Crippen LogP contribution in [0.15, 0.2) is 71.9 Å². The van der Waals surface area contributed by atoms with Crippen LogP contribution in [0.3, 0.4) is 0 Å². The van der Waals surface area contributed by atoms with Crippen LogP contribution >= 0.6 is 0 Å². The summed E-state index contributed by atoms with van der Waals surface area (Å²) < 4.78 is 0. The van der Waals surface area contributed by atoms with E-state index in [2.05, 4.69) is 74.8 Å². The summed E-state index contributed by atoms with van der Waals surface area (Å²) in [6.45, 7) is 13.0. The van der Waals surface area contributed by atoms with Crippen molar-refractivity contribution in [2.75, 3.05) is 5.32 Å². The number of aliphatic imine (C=N–C) groups is 1. The summed E-state index contributed by atoms with van der Waals surface area (Å²) >= 11 is 0. The van der Waals surface area contributed by atoms with E-state index in [9.17, 15) is 0 Å². The van der Waals surface area contributed by atoms with Crippen LogP contribution in [-0.2, 0) is 6.42 Å². The molecule has 0 amide bonds. The van der Waals surface area contributed by atoms with E-state index in [4.69, 9.17) is 4.99 Å². The first kappa shape index (κ1) is 23.5.